The molecule has 6 nitrogen and oxygen atoms in total. The number of benzene rings is 2. The van der Waals surface area contributed by atoms with Gasteiger partial charge in [0, 0.05) is 16.8 Å². The molecule has 0 unspecified atom stereocenters. The molecule has 0 aliphatic carbocycles. The second-order valence-corrected chi connectivity index (χ2v) is 6.61. The van der Waals surface area contributed by atoms with Crippen LogP contribution in [-0.2, 0) is 14.8 Å². The number of carbonyl (C=O) groups is 1. The highest BCUT2D eigenvalue weighted by Crippen LogP contribution is 2.19. The minimum absolute atomic E-state index is 0.0857. The van der Waals surface area contributed by atoms with Crippen LogP contribution in [0.4, 0.5) is 5.69 Å². The second-order valence-electron chi connectivity index (χ2n) is 4.49. The predicted molar refractivity (Wildman–Crippen MR) is 87.7 cm³/mol. The van der Waals surface area contributed by atoms with Crippen molar-refractivity contribution in [1.29, 1.82) is 0 Å². The summed E-state index contributed by atoms with van der Waals surface area (Å²) in [6.07, 6.45) is 2.55. The van der Waals surface area contributed by atoms with E-state index in [-0.39, 0.29) is 4.90 Å². The number of carbonyl (C=O) groups excluding carboxylic acids is 1. The molecule has 0 aliphatic rings. The van der Waals surface area contributed by atoms with Crippen LogP contribution in [0.15, 0.2) is 59.5 Å². The average Bonchev–Trinajstić information content (AvgIpc) is 2.53. The van der Waals surface area contributed by atoms with Crippen LogP contribution in [0.3, 0.4) is 0 Å². The molecule has 0 radical (unpaired) electrons. The first kappa shape index (κ1) is 17.0. The Kier molecular flexibility index (Phi) is 5.38. The number of nitrogens with one attached hydrogen (secondary N) is 2. The number of hydrogen-bond donors (Lipinski definition) is 3. The fraction of sp³-hybridized carbons (Fsp3) is 0. The SMILES string of the molecule is O=C(/C=C/c1cccc(NS(=O)(=O)c2ccc(Cl)cc2)c1)NO. The van der Waals surface area contributed by atoms with Crippen molar-refractivity contribution in [3.8, 4) is 0 Å². The number of sulfonamides is 1. The van der Waals surface area contributed by atoms with Crippen LogP contribution in [0.1, 0.15) is 5.56 Å². The van der Waals surface area contributed by atoms with Gasteiger partial charge in [0.05, 0.1) is 4.90 Å². The van der Waals surface area contributed by atoms with Crippen molar-refractivity contribution >= 4 is 39.3 Å². The first-order valence-corrected chi connectivity index (χ1v) is 8.27. The maximum Gasteiger partial charge on any atom is 0.267 e. The van der Waals surface area contributed by atoms with Gasteiger partial charge in [-0.05, 0) is 48.0 Å². The number of halogens is 1. The van der Waals surface area contributed by atoms with E-state index in [2.05, 4.69) is 4.72 Å². The maximum atomic E-state index is 12.3. The molecule has 0 heterocycles. The summed E-state index contributed by atoms with van der Waals surface area (Å²) in [6, 6.07) is 12.2. The lowest BCUT2D eigenvalue weighted by Crippen LogP contribution is -2.14. The van der Waals surface area contributed by atoms with E-state index in [0.29, 0.717) is 16.3 Å². The van der Waals surface area contributed by atoms with E-state index in [9.17, 15) is 13.2 Å². The van der Waals surface area contributed by atoms with Gasteiger partial charge in [-0.25, -0.2) is 13.9 Å². The summed E-state index contributed by atoms with van der Waals surface area (Å²) in [5.41, 5.74) is 2.39. The van der Waals surface area contributed by atoms with Crippen molar-refractivity contribution < 1.29 is 18.4 Å². The fourth-order valence-corrected chi connectivity index (χ4v) is 2.92. The smallest absolute Gasteiger partial charge is 0.267 e. The highest BCUT2D eigenvalue weighted by atomic mass is 35.5. The Bertz CT molecular complexity index is 833. The van der Waals surface area contributed by atoms with E-state index in [4.69, 9.17) is 16.8 Å². The van der Waals surface area contributed by atoms with Gasteiger partial charge in [-0.15, -0.1) is 0 Å². The Labute approximate surface area is 138 Å². The lowest BCUT2D eigenvalue weighted by Gasteiger charge is -2.08. The molecule has 0 fully saturated rings. The van der Waals surface area contributed by atoms with Gasteiger partial charge in [0.1, 0.15) is 0 Å². The molecule has 2 rings (SSSR count). The molecule has 0 aliphatic heterocycles. The zero-order chi connectivity index (χ0) is 16.9. The Morgan fingerprint density at radius 3 is 2.48 bits per heavy atom. The summed E-state index contributed by atoms with van der Waals surface area (Å²) in [5.74, 6) is -0.683. The second kappa shape index (κ2) is 7.28. The summed E-state index contributed by atoms with van der Waals surface area (Å²) in [4.78, 5) is 11.0. The van der Waals surface area contributed by atoms with Gasteiger partial charge < -0.3 is 0 Å². The molecular weight excluding hydrogens is 340 g/mol. The normalized spacial score (nSPS) is 11.4. The van der Waals surface area contributed by atoms with Crippen LogP contribution < -0.4 is 10.2 Å². The van der Waals surface area contributed by atoms with Gasteiger partial charge in [0.15, 0.2) is 0 Å². The Hall–Kier alpha value is -2.35. The van der Waals surface area contributed by atoms with E-state index in [1.54, 1.807) is 24.3 Å². The first-order valence-electron chi connectivity index (χ1n) is 6.41. The van der Waals surface area contributed by atoms with Gasteiger partial charge >= 0.3 is 0 Å². The molecule has 0 atom stereocenters. The molecule has 1 amide bonds. The van der Waals surface area contributed by atoms with Crippen LogP contribution in [0, 0.1) is 0 Å². The average molecular weight is 353 g/mol. The summed E-state index contributed by atoms with van der Waals surface area (Å²) in [7, 11) is -3.73. The number of anilines is 1. The third-order valence-electron chi connectivity index (χ3n) is 2.80. The molecule has 2 aromatic carbocycles. The number of hydroxylamine groups is 1. The number of rotatable bonds is 5. The van der Waals surface area contributed by atoms with Crippen molar-refractivity contribution in [2.24, 2.45) is 0 Å². The summed E-state index contributed by atoms with van der Waals surface area (Å²) in [6.45, 7) is 0. The summed E-state index contributed by atoms with van der Waals surface area (Å²) >= 11 is 5.74. The molecule has 0 spiro atoms. The summed E-state index contributed by atoms with van der Waals surface area (Å²) in [5, 5.41) is 8.86. The molecule has 0 aromatic heterocycles. The maximum absolute atomic E-state index is 12.3. The minimum Gasteiger partial charge on any atom is -0.288 e. The zero-order valence-corrected chi connectivity index (χ0v) is 13.3. The van der Waals surface area contributed by atoms with E-state index >= 15 is 0 Å². The molecule has 3 N–H and O–H groups in total. The van der Waals surface area contributed by atoms with Crippen LogP contribution in [-0.4, -0.2) is 19.5 Å². The molecule has 23 heavy (non-hydrogen) atoms. The quantitative estimate of drug-likeness (QED) is 0.438. The van der Waals surface area contributed by atoms with Gasteiger partial charge in [0.25, 0.3) is 15.9 Å². The van der Waals surface area contributed by atoms with E-state index in [0.717, 1.165) is 6.08 Å². The van der Waals surface area contributed by atoms with E-state index in [1.165, 1.54) is 35.8 Å². The largest absolute Gasteiger partial charge is 0.288 e. The topological polar surface area (TPSA) is 95.5 Å². The van der Waals surface area contributed by atoms with Gasteiger partial charge in [-0.3, -0.25) is 14.7 Å². The highest BCUT2D eigenvalue weighted by Gasteiger charge is 2.13. The standard InChI is InChI=1S/C15H13ClN2O4S/c16-12-5-7-14(8-6-12)23(21,22)18-13-3-1-2-11(10-13)4-9-15(19)17-20/h1-10,18,20H,(H,17,19)/b9-4+. The number of amides is 1. The van der Waals surface area contributed by atoms with Crippen molar-refractivity contribution in [3.05, 3.63) is 65.2 Å². The zero-order valence-electron chi connectivity index (χ0n) is 11.7. The third kappa shape index (κ3) is 4.82. The lowest BCUT2D eigenvalue weighted by atomic mass is 10.2. The van der Waals surface area contributed by atoms with E-state index < -0.39 is 15.9 Å². The van der Waals surface area contributed by atoms with Crippen LogP contribution in [0.2, 0.25) is 5.02 Å². The third-order valence-corrected chi connectivity index (χ3v) is 4.45. The Morgan fingerprint density at radius 1 is 1.13 bits per heavy atom. The molecule has 120 valence electrons. The molecule has 0 saturated carbocycles. The van der Waals surface area contributed by atoms with Crippen molar-refractivity contribution in [1.82, 2.24) is 5.48 Å². The van der Waals surface area contributed by atoms with E-state index in [1.807, 2.05) is 0 Å². The first-order chi connectivity index (χ1) is 10.9. The Morgan fingerprint density at radius 2 is 1.83 bits per heavy atom. The lowest BCUT2D eigenvalue weighted by molar-refractivity contribution is -0.124. The summed E-state index contributed by atoms with van der Waals surface area (Å²) < 4.78 is 27.0. The van der Waals surface area contributed by atoms with Crippen molar-refractivity contribution in [3.63, 3.8) is 0 Å². The molecule has 2 aromatic rings. The van der Waals surface area contributed by atoms with Gasteiger partial charge in [0.2, 0.25) is 0 Å². The van der Waals surface area contributed by atoms with Gasteiger partial charge in [-0.2, -0.15) is 0 Å². The Balaban J connectivity index is 2.21. The number of hydrogen-bond acceptors (Lipinski definition) is 4. The van der Waals surface area contributed by atoms with Crippen LogP contribution in [0.5, 0.6) is 0 Å². The van der Waals surface area contributed by atoms with Crippen molar-refractivity contribution in [2.75, 3.05) is 4.72 Å². The fourth-order valence-electron chi connectivity index (χ4n) is 1.74. The minimum atomic E-state index is -3.73. The molecule has 0 bridgehead atoms. The highest BCUT2D eigenvalue weighted by molar-refractivity contribution is 7.92. The molecule has 0 saturated heterocycles. The van der Waals surface area contributed by atoms with Gasteiger partial charge in [-0.1, -0.05) is 23.7 Å². The van der Waals surface area contributed by atoms with Crippen LogP contribution >= 0.6 is 11.6 Å². The predicted octanol–water partition coefficient (Wildman–Crippen LogP) is 2.66. The van der Waals surface area contributed by atoms with Crippen LogP contribution in [0.25, 0.3) is 6.08 Å². The van der Waals surface area contributed by atoms with Crippen molar-refractivity contribution in [2.45, 2.75) is 4.90 Å². The molecular formula is C15H13ClN2O4S. The molecule has 8 heteroatoms. The monoisotopic (exact) mass is 352 g/mol.